The van der Waals surface area contributed by atoms with Crippen LogP contribution in [0.15, 0.2) is 22.7 Å². The number of phenols is 1. The summed E-state index contributed by atoms with van der Waals surface area (Å²) in [5.41, 5.74) is 1.96. The summed E-state index contributed by atoms with van der Waals surface area (Å²) in [6.45, 7) is 3.71. The van der Waals surface area contributed by atoms with Crippen molar-refractivity contribution in [3.8, 4) is 5.75 Å². The Morgan fingerprint density at radius 3 is 2.54 bits per heavy atom. The number of fused-ring (bicyclic) bond motifs is 4. The number of aliphatic hydroxyl groups is 3. The fraction of sp³-hybridized carbons (Fsp3) is 0.480. The number of nitrogens with zero attached hydrogens (tertiary/aromatic N) is 1. The van der Waals surface area contributed by atoms with Gasteiger partial charge in [0, 0.05) is 47.7 Å². The molecule has 1 aromatic rings. The van der Waals surface area contributed by atoms with Crippen LogP contribution in [0, 0.1) is 17.7 Å². The van der Waals surface area contributed by atoms with Crippen LogP contribution in [0.1, 0.15) is 53.2 Å². The zero-order valence-corrected chi connectivity index (χ0v) is 19.2. The van der Waals surface area contributed by atoms with Crippen LogP contribution in [0.4, 0.5) is 4.39 Å². The average Bonchev–Trinajstić information content (AvgIpc) is 2.79. The maximum atomic E-state index is 15.8. The van der Waals surface area contributed by atoms with E-state index in [9.17, 15) is 34.8 Å². The molecule has 1 amide bonds. The van der Waals surface area contributed by atoms with Crippen LogP contribution < -0.4 is 5.73 Å². The first kappa shape index (κ1) is 23.5. The molecular formula is C25H27FN2O7. The van der Waals surface area contributed by atoms with Gasteiger partial charge in [0.2, 0.25) is 5.78 Å². The number of phenolic OH excluding ortho intramolecular Hbond substituents is 1. The number of rotatable bonds is 3. The number of Topliss-reactive ketones (excluding diaryl/α,β-unsaturated/α-hetero) is 2. The Bertz CT molecular complexity index is 1270. The number of allylic oxidation sites excluding steroid dienone is 2. The minimum absolute atomic E-state index is 0.0256. The molecule has 0 aromatic heterocycles. The van der Waals surface area contributed by atoms with Crippen LogP contribution in [0.2, 0.25) is 0 Å². The highest BCUT2D eigenvalue weighted by Gasteiger charge is 2.60. The molecule has 0 fully saturated rings. The molecule has 35 heavy (non-hydrogen) atoms. The summed E-state index contributed by atoms with van der Waals surface area (Å²) in [6, 6.07) is 0. The molecular weight excluding hydrogens is 459 g/mol. The Balaban J connectivity index is 1.64. The van der Waals surface area contributed by atoms with Crippen molar-refractivity contribution in [2.24, 2.45) is 17.6 Å². The topological polar surface area (TPSA) is 161 Å². The molecule has 1 aromatic carbocycles. The molecule has 3 aliphatic carbocycles. The molecule has 0 bridgehead atoms. The summed E-state index contributed by atoms with van der Waals surface area (Å²) in [5.74, 6) is -7.62. The minimum atomic E-state index is -2.63. The lowest BCUT2D eigenvalue weighted by atomic mass is 9.60. The Morgan fingerprint density at radius 2 is 1.89 bits per heavy atom. The largest absolute Gasteiger partial charge is 0.511 e. The van der Waals surface area contributed by atoms with E-state index in [1.54, 1.807) is 0 Å². The normalized spacial score (nSPS) is 28.4. The van der Waals surface area contributed by atoms with Crippen LogP contribution in [0.3, 0.4) is 0 Å². The lowest BCUT2D eigenvalue weighted by Crippen LogP contribution is -2.57. The fourth-order valence-corrected chi connectivity index (χ4v) is 6.33. The van der Waals surface area contributed by atoms with Gasteiger partial charge < -0.3 is 26.2 Å². The van der Waals surface area contributed by atoms with Crippen LogP contribution in [-0.2, 0) is 29.0 Å². The van der Waals surface area contributed by atoms with Gasteiger partial charge in [-0.2, -0.15) is 0 Å². The summed E-state index contributed by atoms with van der Waals surface area (Å²) >= 11 is 0. The van der Waals surface area contributed by atoms with Gasteiger partial charge in [-0.25, -0.2) is 4.39 Å². The Hall–Kier alpha value is -3.24. The van der Waals surface area contributed by atoms with Gasteiger partial charge >= 0.3 is 0 Å². The second kappa shape index (κ2) is 7.89. The average molecular weight is 486 g/mol. The van der Waals surface area contributed by atoms with E-state index < -0.39 is 57.8 Å². The molecule has 3 atom stereocenters. The van der Waals surface area contributed by atoms with Crippen molar-refractivity contribution >= 4 is 17.5 Å². The number of nitrogens with two attached hydrogens (primary N) is 1. The highest BCUT2D eigenvalue weighted by Crippen LogP contribution is 2.52. The quantitative estimate of drug-likeness (QED) is 0.402. The second-order valence-corrected chi connectivity index (χ2v) is 9.91. The molecule has 0 unspecified atom stereocenters. The molecule has 10 heteroatoms. The van der Waals surface area contributed by atoms with Gasteiger partial charge in [0.25, 0.3) is 5.91 Å². The van der Waals surface area contributed by atoms with Gasteiger partial charge in [0.05, 0.1) is 5.56 Å². The lowest BCUT2D eigenvalue weighted by Gasteiger charge is -2.45. The summed E-state index contributed by atoms with van der Waals surface area (Å²) in [4.78, 5) is 40.3. The van der Waals surface area contributed by atoms with Gasteiger partial charge in [-0.15, -0.1) is 0 Å². The fourth-order valence-electron chi connectivity index (χ4n) is 6.33. The molecule has 0 saturated carbocycles. The Kier molecular flexibility index (Phi) is 5.30. The van der Waals surface area contributed by atoms with Crippen molar-refractivity contribution in [1.29, 1.82) is 0 Å². The standard InChI is InChI=1S/C25H27FN2O7/c1-2-4-28-5-3-12-14(9-28)19(26)13-7-10-6-11-8-15(29)18(24(27)34)23(33)25(11,35)22(32)16(10)21(31)17(13)20(12)30/h10-11,29-30,32,35H,2-9H2,1H3,(H2,27,34)/t10-,11+,25+/m1/s1. The third-order valence-electron chi connectivity index (χ3n) is 7.97. The first-order valence-electron chi connectivity index (χ1n) is 11.8. The van der Waals surface area contributed by atoms with Crippen LogP contribution in [0.25, 0.3) is 0 Å². The molecule has 0 saturated heterocycles. The first-order valence-corrected chi connectivity index (χ1v) is 11.8. The third kappa shape index (κ3) is 3.09. The van der Waals surface area contributed by atoms with Crippen molar-refractivity contribution in [1.82, 2.24) is 4.90 Å². The van der Waals surface area contributed by atoms with Crippen molar-refractivity contribution in [2.75, 3.05) is 13.1 Å². The summed E-state index contributed by atoms with van der Waals surface area (Å²) in [5, 5.41) is 43.6. The van der Waals surface area contributed by atoms with Crippen molar-refractivity contribution in [3.05, 3.63) is 50.7 Å². The summed E-state index contributed by atoms with van der Waals surface area (Å²) in [7, 11) is 0. The van der Waals surface area contributed by atoms with E-state index in [0.717, 1.165) is 13.0 Å². The number of hydrogen-bond acceptors (Lipinski definition) is 8. The molecule has 0 radical (unpaired) electrons. The van der Waals surface area contributed by atoms with Crippen molar-refractivity contribution in [2.45, 2.75) is 51.2 Å². The summed E-state index contributed by atoms with van der Waals surface area (Å²) < 4.78 is 15.8. The molecule has 5 rings (SSSR count). The lowest BCUT2D eigenvalue weighted by molar-refractivity contribution is -0.144. The number of carbonyl (C=O) groups excluding carboxylic acids is 3. The van der Waals surface area contributed by atoms with E-state index in [4.69, 9.17) is 5.73 Å². The first-order chi connectivity index (χ1) is 16.5. The molecule has 6 N–H and O–H groups in total. The third-order valence-corrected chi connectivity index (χ3v) is 7.97. The highest BCUT2D eigenvalue weighted by molar-refractivity contribution is 6.24. The van der Waals surface area contributed by atoms with Crippen molar-refractivity contribution in [3.63, 3.8) is 0 Å². The zero-order valence-electron chi connectivity index (χ0n) is 19.2. The monoisotopic (exact) mass is 486 g/mol. The number of primary amides is 1. The predicted molar refractivity (Wildman–Crippen MR) is 120 cm³/mol. The number of aliphatic hydroxyl groups excluding tert-OH is 2. The van der Waals surface area contributed by atoms with E-state index in [-0.39, 0.29) is 41.7 Å². The number of aromatic hydroxyl groups is 1. The number of amides is 1. The van der Waals surface area contributed by atoms with Crippen LogP contribution in [0.5, 0.6) is 5.75 Å². The number of hydrogen-bond donors (Lipinski definition) is 5. The van der Waals surface area contributed by atoms with Crippen LogP contribution >= 0.6 is 0 Å². The maximum Gasteiger partial charge on any atom is 0.255 e. The Morgan fingerprint density at radius 1 is 1.17 bits per heavy atom. The SMILES string of the molecule is CCCN1CCc2c(O)c3c(c(F)c2C1)C[C@H]1C[C@H]2CC(O)=C(C(N)=O)C(=O)[C@@]2(O)C(O)=C1C3=O. The zero-order chi connectivity index (χ0) is 25.4. The molecule has 4 aliphatic rings. The van der Waals surface area contributed by atoms with Gasteiger partial charge in [-0.3, -0.25) is 19.3 Å². The molecule has 186 valence electrons. The molecule has 1 heterocycles. The van der Waals surface area contributed by atoms with Crippen molar-refractivity contribution < 1.29 is 39.2 Å². The summed E-state index contributed by atoms with van der Waals surface area (Å²) in [6.07, 6.45) is 0.865. The van der Waals surface area contributed by atoms with Gasteiger partial charge in [0.1, 0.15) is 28.7 Å². The van der Waals surface area contributed by atoms with E-state index in [0.29, 0.717) is 30.6 Å². The number of benzene rings is 1. The van der Waals surface area contributed by atoms with E-state index >= 15 is 4.39 Å². The molecule has 9 nitrogen and oxygen atoms in total. The Labute approximate surface area is 200 Å². The van der Waals surface area contributed by atoms with Gasteiger partial charge in [-0.05, 0) is 38.1 Å². The van der Waals surface area contributed by atoms with E-state index in [1.165, 1.54) is 0 Å². The maximum absolute atomic E-state index is 15.8. The van der Waals surface area contributed by atoms with Gasteiger partial charge in [-0.1, -0.05) is 6.92 Å². The minimum Gasteiger partial charge on any atom is -0.511 e. The van der Waals surface area contributed by atoms with Gasteiger partial charge in [0.15, 0.2) is 11.4 Å². The predicted octanol–water partition coefficient (Wildman–Crippen LogP) is 1.49. The van der Waals surface area contributed by atoms with E-state index in [2.05, 4.69) is 4.90 Å². The van der Waals surface area contributed by atoms with E-state index in [1.807, 2.05) is 6.92 Å². The van der Waals surface area contributed by atoms with Crippen LogP contribution in [-0.4, -0.2) is 61.5 Å². The highest BCUT2D eigenvalue weighted by atomic mass is 19.1. The number of ketones is 2. The number of halogens is 1. The number of carbonyl (C=O) groups is 3. The second-order valence-electron chi connectivity index (χ2n) is 9.91. The molecule has 1 aliphatic heterocycles. The smallest absolute Gasteiger partial charge is 0.255 e. The molecule has 0 spiro atoms.